The molecule has 0 heterocycles. The van der Waals surface area contributed by atoms with Gasteiger partial charge in [0.1, 0.15) is 17.4 Å². The van der Waals surface area contributed by atoms with Crippen LogP contribution < -0.4 is 10.1 Å². The molecule has 0 aromatic heterocycles. The van der Waals surface area contributed by atoms with Gasteiger partial charge in [-0.1, -0.05) is 0 Å². The molecule has 0 aliphatic carbocycles. The fourth-order valence-electron chi connectivity index (χ4n) is 1.93. The summed E-state index contributed by atoms with van der Waals surface area (Å²) >= 11 is 0. The molecule has 3 nitrogen and oxygen atoms in total. The van der Waals surface area contributed by atoms with E-state index in [0.717, 1.165) is 29.6 Å². The summed E-state index contributed by atoms with van der Waals surface area (Å²) in [6.45, 7) is 2.56. The number of benzene rings is 2. The Labute approximate surface area is 122 Å². The van der Waals surface area contributed by atoms with Crippen molar-refractivity contribution < 1.29 is 18.6 Å². The SMILES string of the molecule is CCOc1ccc(NCC(O)c2cc(F)ccc2F)cc1. The van der Waals surface area contributed by atoms with Crippen LogP contribution in [0.1, 0.15) is 18.6 Å². The Hall–Kier alpha value is -2.14. The molecule has 5 heteroatoms. The first-order chi connectivity index (χ1) is 10.1. The Bertz CT molecular complexity index is 587. The topological polar surface area (TPSA) is 41.5 Å². The van der Waals surface area contributed by atoms with Gasteiger partial charge in [-0.2, -0.15) is 0 Å². The summed E-state index contributed by atoms with van der Waals surface area (Å²) in [6.07, 6.45) is -1.13. The second kappa shape index (κ2) is 7.04. The first-order valence-corrected chi connectivity index (χ1v) is 6.70. The Kier molecular flexibility index (Phi) is 5.11. The van der Waals surface area contributed by atoms with Gasteiger partial charge < -0.3 is 15.2 Å². The predicted molar refractivity (Wildman–Crippen MR) is 77.4 cm³/mol. The van der Waals surface area contributed by atoms with Crippen molar-refractivity contribution in [2.45, 2.75) is 13.0 Å². The van der Waals surface area contributed by atoms with Crippen LogP contribution in [0.4, 0.5) is 14.5 Å². The van der Waals surface area contributed by atoms with Crippen molar-refractivity contribution >= 4 is 5.69 Å². The molecule has 2 rings (SSSR count). The Morgan fingerprint density at radius 3 is 2.52 bits per heavy atom. The summed E-state index contributed by atoms with van der Waals surface area (Å²) in [5.74, 6) is -0.455. The van der Waals surface area contributed by atoms with E-state index >= 15 is 0 Å². The van der Waals surface area contributed by atoms with Crippen LogP contribution in [0, 0.1) is 11.6 Å². The van der Waals surface area contributed by atoms with E-state index in [0.29, 0.717) is 6.61 Å². The largest absolute Gasteiger partial charge is 0.494 e. The molecule has 0 radical (unpaired) electrons. The van der Waals surface area contributed by atoms with E-state index in [9.17, 15) is 13.9 Å². The molecule has 0 amide bonds. The van der Waals surface area contributed by atoms with Crippen LogP contribution in [0.2, 0.25) is 0 Å². The molecule has 0 saturated carbocycles. The van der Waals surface area contributed by atoms with Crippen LogP contribution in [0.15, 0.2) is 42.5 Å². The molecule has 1 atom stereocenters. The molecule has 112 valence electrons. The van der Waals surface area contributed by atoms with Gasteiger partial charge >= 0.3 is 0 Å². The predicted octanol–water partition coefficient (Wildman–Crippen LogP) is 3.51. The molecule has 21 heavy (non-hydrogen) atoms. The Balaban J connectivity index is 1.97. The summed E-state index contributed by atoms with van der Waals surface area (Å²) in [5.41, 5.74) is 0.697. The highest BCUT2D eigenvalue weighted by Crippen LogP contribution is 2.20. The number of nitrogens with one attached hydrogen (secondary N) is 1. The fourth-order valence-corrected chi connectivity index (χ4v) is 1.93. The van der Waals surface area contributed by atoms with Gasteiger partial charge in [-0.15, -0.1) is 0 Å². The summed E-state index contributed by atoms with van der Waals surface area (Å²) in [4.78, 5) is 0. The summed E-state index contributed by atoms with van der Waals surface area (Å²) in [6, 6.07) is 10.2. The molecule has 0 spiro atoms. The van der Waals surface area contributed by atoms with Crippen molar-refractivity contribution in [3.8, 4) is 5.75 Å². The summed E-state index contributed by atoms with van der Waals surface area (Å²) in [7, 11) is 0. The fraction of sp³-hybridized carbons (Fsp3) is 0.250. The van der Waals surface area contributed by atoms with Crippen molar-refractivity contribution in [2.24, 2.45) is 0 Å². The molecular weight excluding hydrogens is 276 g/mol. The smallest absolute Gasteiger partial charge is 0.129 e. The molecule has 2 N–H and O–H groups in total. The molecule has 0 fully saturated rings. The van der Waals surface area contributed by atoms with E-state index in [4.69, 9.17) is 4.74 Å². The second-order valence-electron chi connectivity index (χ2n) is 4.52. The Morgan fingerprint density at radius 1 is 1.14 bits per heavy atom. The lowest BCUT2D eigenvalue weighted by Gasteiger charge is -2.14. The van der Waals surface area contributed by atoms with Crippen LogP contribution in [0.5, 0.6) is 5.75 Å². The van der Waals surface area contributed by atoms with Gasteiger partial charge in [-0.3, -0.25) is 0 Å². The first-order valence-electron chi connectivity index (χ1n) is 6.70. The molecule has 2 aromatic rings. The van der Waals surface area contributed by atoms with Gasteiger partial charge in [-0.05, 0) is 49.4 Å². The van der Waals surface area contributed by atoms with Crippen LogP contribution >= 0.6 is 0 Å². The van der Waals surface area contributed by atoms with Crippen molar-refractivity contribution in [3.63, 3.8) is 0 Å². The maximum absolute atomic E-state index is 13.5. The molecule has 0 bridgehead atoms. The highest BCUT2D eigenvalue weighted by atomic mass is 19.1. The lowest BCUT2D eigenvalue weighted by Crippen LogP contribution is -2.13. The van der Waals surface area contributed by atoms with Crippen molar-refractivity contribution in [1.82, 2.24) is 0 Å². The van der Waals surface area contributed by atoms with Crippen LogP contribution in [-0.2, 0) is 0 Å². The van der Waals surface area contributed by atoms with E-state index in [-0.39, 0.29) is 12.1 Å². The third kappa shape index (κ3) is 4.16. The molecule has 2 aromatic carbocycles. The summed E-state index contributed by atoms with van der Waals surface area (Å²) < 4.78 is 31.9. The Morgan fingerprint density at radius 2 is 1.86 bits per heavy atom. The zero-order valence-electron chi connectivity index (χ0n) is 11.6. The zero-order chi connectivity index (χ0) is 15.2. The minimum Gasteiger partial charge on any atom is -0.494 e. The van der Waals surface area contributed by atoms with Gasteiger partial charge in [0.05, 0.1) is 12.7 Å². The average molecular weight is 293 g/mol. The standard InChI is InChI=1S/C16H17F2NO2/c1-2-21-13-6-4-12(5-7-13)19-10-16(20)14-9-11(17)3-8-15(14)18/h3-9,16,19-20H,2,10H2,1H3. The number of ether oxygens (including phenoxy) is 1. The molecule has 0 saturated heterocycles. The minimum atomic E-state index is -1.13. The average Bonchev–Trinajstić information content (AvgIpc) is 2.49. The maximum Gasteiger partial charge on any atom is 0.129 e. The molecular formula is C16H17F2NO2. The zero-order valence-corrected chi connectivity index (χ0v) is 11.6. The van der Waals surface area contributed by atoms with E-state index in [2.05, 4.69) is 5.32 Å². The molecule has 0 aliphatic rings. The minimum absolute atomic E-state index is 0.0616. The van der Waals surface area contributed by atoms with Gasteiger partial charge in [0.2, 0.25) is 0 Å². The lowest BCUT2D eigenvalue weighted by molar-refractivity contribution is 0.186. The van der Waals surface area contributed by atoms with Gasteiger partial charge in [0.25, 0.3) is 0 Å². The lowest BCUT2D eigenvalue weighted by atomic mass is 10.1. The van der Waals surface area contributed by atoms with Gasteiger partial charge in [0, 0.05) is 17.8 Å². The quantitative estimate of drug-likeness (QED) is 0.856. The van der Waals surface area contributed by atoms with Crippen LogP contribution in [0.3, 0.4) is 0 Å². The van der Waals surface area contributed by atoms with Crippen molar-refractivity contribution in [1.29, 1.82) is 0 Å². The number of hydrogen-bond donors (Lipinski definition) is 2. The van der Waals surface area contributed by atoms with Crippen molar-refractivity contribution in [2.75, 3.05) is 18.5 Å². The number of hydrogen-bond acceptors (Lipinski definition) is 3. The highest BCUT2D eigenvalue weighted by molar-refractivity contribution is 5.46. The number of halogens is 2. The maximum atomic E-state index is 13.5. The third-order valence-electron chi connectivity index (χ3n) is 2.98. The highest BCUT2D eigenvalue weighted by Gasteiger charge is 2.13. The van der Waals surface area contributed by atoms with Crippen LogP contribution in [-0.4, -0.2) is 18.3 Å². The third-order valence-corrected chi connectivity index (χ3v) is 2.98. The molecule has 1 unspecified atom stereocenters. The monoisotopic (exact) mass is 293 g/mol. The van der Waals surface area contributed by atoms with Crippen molar-refractivity contribution in [3.05, 3.63) is 59.7 Å². The van der Waals surface area contributed by atoms with E-state index in [1.165, 1.54) is 0 Å². The van der Waals surface area contributed by atoms with E-state index in [1.54, 1.807) is 24.3 Å². The second-order valence-corrected chi connectivity index (χ2v) is 4.52. The molecule has 0 aliphatic heterocycles. The normalized spacial score (nSPS) is 12.0. The number of aliphatic hydroxyl groups excluding tert-OH is 1. The van der Waals surface area contributed by atoms with Gasteiger partial charge in [-0.25, -0.2) is 8.78 Å². The first kappa shape index (κ1) is 15.3. The van der Waals surface area contributed by atoms with E-state index in [1.807, 2.05) is 6.92 Å². The number of anilines is 1. The summed E-state index contributed by atoms with van der Waals surface area (Å²) in [5, 5.41) is 12.9. The number of aliphatic hydroxyl groups is 1. The van der Waals surface area contributed by atoms with E-state index < -0.39 is 17.7 Å². The van der Waals surface area contributed by atoms with Gasteiger partial charge in [0.15, 0.2) is 0 Å². The number of rotatable bonds is 6. The van der Waals surface area contributed by atoms with Crippen LogP contribution in [0.25, 0.3) is 0 Å².